The van der Waals surface area contributed by atoms with Gasteiger partial charge >= 0.3 is 0 Å². The van der Waals surface area contributed by atoms with Crippen molar-refractivity contribution in [1.29, 1.82) is 0 Å². The van der Waals surface area contributed by atoms with E-state index in [0.717, 1.165) is 18.9 Å². The zero-order chi connectivity index (χ0) is 14.8. The molecule has 0 aliphatic heterocycles. The van der Waals surface area contributed by atoms with Crippen molar-refractivity contribution in [3.05, 3.63) is 29.8 Å². The van der Waals surface area contributed by atoms with Crippen LogP contribution in [0.2, 0.25) is 0 Å². The second kappa shape index (κ2) is 9.82. The van der Waals surface area contributed by atoms with E-state index in [-0.39, 0.29) is 0 Å². The predicted molar refractivity (Wildman–Crippen MR) is 87.2 cm³/mol. The molecule has 0 spiro atoms. The number of phenols is 1. The Kier molecular flexibility index (Phi) is 8.36. The summed E-state index contributed by atoms with van der Waals surface area (Å²) < 4.78 is 0. The lowest BCUT2D eigenvalue weighted by molar-refractivity contribution is 0.474. The molecule has 0 heterocycles. The molecule has 1 rings (SSSR count). The Morgan fingerprint density at radius 2 is 1.60 bits per heavy atom. The number of nitrogens with one attached hydrogen (secondary N) is 1. The minimum absolute atomic E-state index is 0.343. The van der Waals surface area contributed by atoms with Gasteiger partial charge in [-0.3, -0.25) is 0 Å². The van der Waals surface area contributed by atoms with Crippen LogP contribution in [0.25, 0.3) is 0 Å². The average molecular weight is 277 g/mol. The van der Waals surface area contributed by atoms with E-state index in [1.165, 1.54) is 37.7 Å². The second-order valence-electron chi connectivity index (χ2n) is 6.32. The molecule has 0 aromatic heterocycles. The van der Waals surface area contributed by atoms with Crippen molar-refractivity contribution in [2.24, 2.45) is 5.92 Å². The predicted octanol–water partition coefficient (Wildman–Crippen LogP) is 4.52. The molecule has 0 saturated carbocycles. The SMILES string of the molecule is CC(C)CCCCCCNC(C)Cc1ccc(O)cc1. The van der Waals surface area contributed by atoms with Gasteiger partial charge < -0.3 is 10.4 Å². The van der Waals surface area contributed by atoms with Crippen LogP contribution < -0.4 is 5.32 Å². The smallest absolute Gasteiger partial charge is 0.115 e. The maximum atomic E-state index is 9.25. The third-order valence-electron chi connectivity index (χ3n) is 3.68. The summed E-state index contributed by atoms with van der Waals surface area (Å²) in [4.78, 5) is 0. The molecule has 0 amide bonds. The fourth-order valence-corrected chi connectivity index (χ4v) is 2.44. The van der Waals surface area contributed by atoms with Gasteiger partial charge in [-0.2, -0.15) is 0 Å². The summed E-state index contributed by atoms with van der Waals surface area (Å²) in [5.74, 6) is 1.19. The van der Waals surface area contributed by atoms with Crippen LogP contribution in [0.1, 0.15) is 58.4 Å². The first-order valence-corrected chi connectivity index (χ1v) is 8.09. The number of hydrogen-bond donors (Lipinski definition) is 2. The molecule has 0 bridgehead atoms. The van der Waals surface area contributed by atoms with Crippen LogP contribution in [-0.2, 0) is 6.42 Å². The van der Waals surface area contributed by atoms with Gasteiger partial charge in [-0.15, -0.1) is 0 Å². The largest absolute Gasteiger partial charge is 0.508 e. The van der Waals surface area contributed by atoms with Gasteiger partial charge in [-0.25, -0.2) is 0 Å². The molecule has 1 atom stereocenters. The highest BCUT2D eigenvalue weighted by Crippen LogP contribution is 2.11. The van der Waals surface area contributed by atoms with Crippen molar-refractivity contribution in [1.82, 2.24) is 5.32 Å². The molecule has 0 aliphatic rings. The van der Waals surface area contributed by atoms with E-state index in [2.05, 4.69) is 26.1 Å². The Balaban J connectivity index is 2.03. The summed E-state index contributed by atoms with van der Waals surface area (Å²) in [6.07, 6.45) is 7.74. The van der Waals surface area contributed by atoms with Crippen molar-refractivity contribution in [2.45, 2.75) is 65.3 Å². The monoisotopic (exact) mass is 277 g/mol. The van der Waals surface area contributed by atoms with E-state index in [9.17, 15) is 5.11 Å². The van der Waals surface area contributed by atoms with Crippen LogP contribution in [0.3, 0.4) is 0 Å². The van der Waals surface area contributed by atoms with Crippen LogP contribution in [0.5, 0.6) is 5.75 Å². The molecule has 20 heavy (non-hydrogen) atoms. The summed E-state index contributed by atoms with van der Waals surface area (Å²) in [6.45, 7) is 7.94. The first kappa shape index (κ1) is 17.0. The zero-order valence-electron chi connectivity index (χ0n) is 13.4. The van der Waals surface area contributed by atoms with Crippen molar-refractivity contribution in [3.8, 4) is 5.75 Å². The van der Waals surface area contributed by atoms with E-state index in [0.29, 0.717) is 11.8 Å². The van der Waals surface area contributed by atoms with E-state index >= 15 is 0 Å². The molecule has 2 heteroatoms. The lowest BCUT2D eigenvalue weighted by Gasteiger charge is -2.14. The van der Waals surface area contributed by atoms with Gasteiger partial charge in [0.25, 0.3) is 0 Å². The van der Waals surface area contributed by atoms with Crippen LogP contribution in [0.15, 0.2) is 24.3 Å². The van der Waals surface area contributed by atoms with Crippen molar-refractivity contribution in [3.63, 3.8) is 0 Å². The van der Waals surface area contributed by atoms with Crippen molar-refractivity contribution >= 4 is 0 Å². The summed E-state index contributed by atoms with van der Waals surface area (Å²) in [5.41, 5.74) is 1.28. The maximum Gasteiger partial charge on any atom is 0.115 e. The number of rotatable bonds is 10. The van der Waals surface area contributed by atoms with Gasteiger partial charge in [0.1, 0.15) is 5.75 Å². The summed E-state index contributed by atoms with van der Waals surface area (Å²) in [5, 5.41) is 12.8. The lowest BCUT2D eigenvalue weighted by atomic mass is 10.0. The standard InChI is InChI=1S/C18H31NO/c1-15(2)8-6-4-5-7-13-19-16(3)14-17-9-11-18(20)12-10-17/h9-12,15-16,19-20H,4-8,13-14H2,1-3H3. The van der Waals surface area contributed by atoms with Crippen molar-refractivity contribution < 1.29 is 5.11 Å². The Bertz CT molecular complexity index is 345. The second-order valence-corrected chi connectivity index (χ2v) is 6.32. The van der Waals surface area contributed by atoms with E-state index in [1.807, 2.05) is 12.1 Å². The molecule has 1 aromatic rings. The first-order valence-electron chi connectivity index (χ1n) is 8.09. The molecule has 0 aliphatic carbocycles. The Morgan fingerprint density at radius 3 is 2.25 bits per heavy atom. The molecule has 1 unspecified atom stereocenters. The first-order chi connectivity index (χ1) is 9.58. The number of unbranched alkanes of at least 4 members (excludes halogenated alkanes) is 3. The quantitative estimate of drug-likeness (QED) is 0.616. The number of aromatic hydroxyl groups is 1. The molecule has 0 fully saturated rings. The minimum atomic E-state index is 0.343. The van der Waals surface area contributed by atoms with Gasteiger partial charge in [0.15, 0.2) is 0 Å². The van der Waals surface area contributed by atoms with Gasteiger partial charge in [0.05, 0.1) is 0 Å². The van der Waals surface area contributed by atoms with E-state index in [1.54, 1.807) is 12.1 Å². The summed E-state index contributed by atoms with van der Waals surface area (Å²) in [6, 6.07) is 8.02. The molecular weight excluding hydrogens is 246 g/mol. The van der Waals surface area contributed by atoms with Crippen molar-refractivity contribution in [2.75, 3.05) is 6.54 Å². The number of hydrogen-bond acceptors (Lipinski definition) is 2. The number of benzene rings is 1. The Morgan fingerprint density at radius 1 is 0.950 bits per heavy atom. The Labute approximate surface area is 124 Å². The molecule has 2 N–H and O–H groups in total. The molecule has 114 valence electrons. The minimum Gasteiger partial charge on any atom is -0.508 e. The summed E-state index contributed by atoms with van der Waals surface area (Å²) >= 11 is 0. The van der Waals surface area contributed by atoms with Crippen LogP contribution in [-0.4, -0.2) is 17.7 Å². The number of phenolic OH excluding ortho intramolecular Hbond substituents is 1. The fraction of sp³-hybridized carbons (Fsp3) is 0.667. The van der Waals surface area contributed by atoms with Crippen LogP contribution in [0.4, 0.5) is 0 Å². The van der Waals surface area contributed by atoms with Crippen LogP contribution in [0, 0.1) is 5.92 Å². The average Bonchev–Trinajstić information content (AvgIpc) is 2.40. The fourth-order valence-electron chi connectivity index (χ4n) is 2.44. The highest BCUT2D eigenvalue weighted by Gasteiger charge is 2.02. The molecule has 1 aromatic carbocycles. The molecular formula is C18H31NO. The summed E-state index contributed by atoms with van der Waals surface area (Å²) in [7, 11) is 0. The third-order valence-corrected chi connectivity index (χ3v) is 3.68. The van der Waals surface area contributed by atoms with Gasteiger partial charge in [0.2, 0.25) is 0 Å². The van der Waals surface area contributed by atoms with Gasteiger partial charge in [-0.05, 0) is 49.9 Å². The highest BCUT2D eigenvalue weighted by atomic mass is 16.3. The highest BCUT2D eigenvalue weighted by molar-refractivity contribution is 5.26. The lowest BCUT2D eigenvalue weighted by Crippen LogP contribution is -2.28. The van der Waals surface area contributed by atoms with Crippen LogP contribution >= 0.6 is 0 Å². The van der Waals surface area contributed by atoms with Gasteiger partial charge in [-0.1, -0.05) is 51.7 Å². The zero-order valence-corrected chi connectivity index (χ0v) is 13.4. The van der Waals surface area contributed by atoms with E-state index < -0.39 is 0 Å². The molecule has 2 nitrogen and oxygen atoms in total. The third kappa shape index (κ3) is 8.21. The molecule has 0 radical (unpaired) electrons. The normalized spacial score (nSPS) is 12.8. The maximum absolute atomic E-state index is 9.25. The topological polar surface area (TPSA) is 32.3 Å². The van der Waals surface area contributed by atoms with Gasteiger partial charge in [0, 0.05) is 6.04 Å². The molecule has 0 saturated heterocycles. The van der Waals surface area contributed by atoms with E-state index in [4.69, 9.17) is 0 Å². The Hall–Kier alpha value is -1.02.